The summed E-state index contributed by atoms with van der Waals surface area (Å²) < 4.78 is 0. The highest BCUT2D eigenvalue weighted by molar-refractivity contribution is 5.85. The molecule has 1 saturated heterocycles. The van der Waals surface area contributed by atoms with E-state index in [0.717, 1.165) is 19.3 Å². The van der Waals surface area contributed by atoms with Crippen molar-refractivity contribution in [1.82, 2.24) is 4.90 Å². The van der Waals surface area contributed by atoms with Gasteiger partial charge >= 0.3 is 11.9 Å². The minimum atomic E-state index is -1.15. The number of nitrogens with two attached hydrogens (primary N) is 1. The molecule has 4 N–H and O–H groups in total. The summed E-state index contributed by atoms with van der Waals surface area (Å²) in [6.07, 6.45) is 3.00. The number of carbonyl (C=O) groups is 2. The SMILES string of the molecule is Cl.NC(CC(C(=O)O)N1CCCCC1)C(=O)O. The number of rotatable bonds is 5. The molecule has 0 aromatic rings. The van der Waals surface area contributed by atoms with Gasteiger partial charge in [0, 0.05) is 0 Å². The lowest BCUT2D eigenvalue weighted by molar-refractivity contribution is -0.145. The molecule has 0 bridgehead atoms. The van der Waals surface area contributed by atoms with Crippen LogP contribution in [0.2, 0.25) is 0 Å². The van der Waals surface area contributed by atoms with Crippen molar-refractivity contribution >= 4 is 24.3 Å². The van der Waals surface area contributed by atoms with Gasteiger partial charge in [-0.1, -0.05) is 6.42 Å². The van der Waals surface area contributed by atoms with E-state index in [-0.39, 0.29) is 18.8 Å². The molecule has 0 spiro atoms. The maximum absolute atomic E-state index is 11.1. The van der Waals surface area contributed by atoms with Gasteiger partial charge in [-0.3, -0.25) is 14.5 Å². The van der Waals surface area contributed by atoms with Gasteiger partial charge in [-0.25, -0.2) is 0 Å². The number of piperidine rings is 1. The summed E-state index contributed by atoms with van der Waals surface area (Å²) >= 11 is 0. The van der Waals surface area contributed by atoms with Crippen LogP contribution < -0.4 is 5.73 Å². The molecule has 2 unspecified atom stereocenters. The van der Waals surface area contributed by atoms with Crippen molar-refractivity contribution in [3.63, 3.8) is 0 Å². The molecule has 1 aliphatic rings. The summed E-state index contributed by atoms with van der Waals surface area (Å²) in [5.74, 6) is -2.14. The van der Waals surface area contributed by atoms with Crippen molar-refractivity contribution < 1.29 is 19.8 Å². The van der Waals surface area contributed by atoms with Gasteiger partial charge in [-0.05, 0) is 32.4 Å². The molecule has 17 heavy (non-hydrogen) atoms. The molecule has 1 aliphatic heterocycles. The number of carboxylic acids is 2. The Morgan fingerprint density at radius 3 is 2.06 bits per heavy atom. The third kappa shape index (κ3) is 4.89. The summed E-state index contributed by atoms with van der Waals surface area (Å²) in [5, 5.41) is 17.7. The van der Waals surface area contributed by atoms with Gasteiger partial charge in [0.1, 0.15) is 12.1 Å². The fraction of sp³-hybridized carbons (Fsp3) is 0.800. The van der Waals surface area contributed by atoms with E-state index in [0.29, 0.717) is 13.1 Å². The minimum Gasteiger partial charge on any atom is -0.480 e. The Morgan fingerprint density at radius 1 is 1.12 bits per heavy atom. The Kier molecular flexibility index (Phi) is 7.10. The molecule has 0 aliphatic carbocycles. The van der Waals surface area contributed by atoms with Crippen molar-refractivity contribution in [2.24, 2.45) is 5.73 Å². The van der Waals surface area contributed by atoms with E-state index in [1.54, 1.807) is 0 Å². The Morgan fingerprint density at radius 2 is 1.65 bits per heavy atom. The van der Waals surface area contributed by atoms with Gasteiger partial charge in [0.2, 0.25) is 0 Å². The van der Waals surface area contributed by atoms with E-state index in [1.807, 2.05) is 4.90 Å². The van der Waals surface area contributed by atoms with Crippen LogP contribution >= 0.6 is 12.4 Å². The minimum absolute atomic E-state index is 0. The highest BCUT2D eigenvalue weighted by Crippen LogP contribution is 2.15. The van der Waals surface area contributed by atoms with E-state index in [2.05, 4.69) is 0 Å². The standard InChI is InChI=1S/C10H18N2O4.ClH/c11-7(9(13)14)6-8(10(15)16)12-4-2-1-3-5-12;/h7-8H,1-6,11H2,(H,13,14)(H,15,16);1H. The molecule has 1 fully saturated rings. The van der Waals surface area contributed by atoms with Crippen molar-refractivity contribution in [2.45, 2.75) is 37.8 Å². The van der Waals surface area contributed by atoms with Crippen LogP contribution in [0.1, 0.15) is 25.7 Å². The van der Waals surface area contributed by atoms with Gasteiger partial charge < -0.3 is 15.9 Å². The number of likely N-dealkylation sites (tertiary alicyclic amines) is 1. The van der Waals surface area contributed by atoms with E-state index in [9.17, 15) is 9.59 Å². The summed E-state index contributed by atoms with van der Waals surface area (Å²) in [6.45, 7) is 1.42. The van der Waals surface area contributed by atoms with E-state index < -0.39 is 24.0 Å². The van der Waals surface area contributed by atoms with Gasteiger partial charge in [0.15, 0.2) is 0 Å². The molecule has 0 amide bonds. The number of hydrogen-bond acceptors (Lipinski definition) is 4. The molecular formula is C10H19ClN2O4. The Bertz CT molecular complexity index is 269. The second kappa shape index (κ2) is 7.47. The summed E-state index contributed by atoms with van der Waals surface area (Å²) in [6, 6.07) is -1.88. The second-order valence-electron chi connectivity index (χ2n) is 4.13. The molecule has 0 aromatic heterocycles. The zero-order valence-corrected chi connectivity index (χ0v) is 10.4. The smallest absolute Gasteiger partial charge is 0.320 e. The third-order valence-electron chi connectivity index (χ3n) is 2.91. The van der Waals surface area contributed by atoms with Crippen LogP contribution in [-0.2, 0) is 9.59 Å². The van der Waals surface area contributed by atoms with Gasteiger partial charge in [-0.15, -0.1) is 12.4 Å². The van der Waals surface area contributed by atoms with Crippen molar-refractivity contribution in [2.75, 3.05) is 13.1 Å². The first-order valence-electron chi connectivity index (χ1n) is 5.47. The van der Waals surface area contributed by atoms with E-state index >= 15 is 0 Å². The Balaban J connectivity index is 0.00000256. The lowest BCUT2D eigenvalue weighted by atomic mass is 10.0. The van der Waals surface area contributed by atoms with Crippen LogP contribution in [0.25, 0.3) is 0 Å². The molecule has 0 saturated carbocycles. The van der Waals surface area contributed by atoms with Gasteiger partial charge in [0.25, 0.3) is 0 Å². The maximum Gasteiger partial charge on any atom is 0.320 e. The highest BCUT2D eigenvalue weighted by atomic mass is 35.5. The monoisotopic (exact) mass is 266 g/mol. The Labute approximate surface area is 106 Å². The average Bonchev–Trinajstić information content (AvgIpc) is 2.26. The lowest BCUT2D eigenvalue weighted by Crippen LogP contribution is -2.48. The van der Waals surface area contributed by atoms with Crippen molar-refractivity contribution in [3.05, 3.63) is 0 Å². The number of hydrogen-bond donors (Lipinski definition) is 3. The first-order chi connectivity index (χ1) is 7.52. The molecular weight excluding hydrogens is 248 g/mol. The molecule has 2 atom stereocenters. The maximum atomic E-state index is 11.1. The quantitative estimate of drug-likeness (QED) is 0.654. The highest BCUT2D eigenvalue weighted by Gasteiger charge is 2.30. The van der Waals surface area contributed by atoms with Crippen LogP contribution in [0.3, 0.4) is 0 Å². The third-order valence-corrected chi connectivity index (χ3v) is 2.91. The summed E-state index contributed by atoms with van der Waals surface area (Å²) in [7, 11) is 0. The fourth-order valence-electron chi connectivity index (χ4n) is 1.98. The summed E-state index contributed by atoms with van der Waals surface area (Å²) in [4.78, 5) is 23.5. The zero-order valence-electron chi connectivity index (χ0n) is 9.54. The largest absolute Gasteiger partial charge is 0.480 e. The molecule has 100 valence electrons. The Hall–Kier alpha value is -0.850. The van der Waals surface area contributed by atoms with Gasteiger partial charge in [0.05, 0.1) is 0 Å². The van der Waals surface area contributed by atoms with Gasteiger partial charge in [-0.2, -0.15) is 0 Å². The number of aliphatic carboxylic acids is 2. The number of halogens is 1. The molecule has 0 radical (unpaired) electrons. The zero-order chi connectivity index (χ0) is 12.1. The predicted molar refractivity (Wildman–Crippen MR) is 64.3 cm³/mol. The fourth-order valence-corrected chi connectivity index (χ4v) is 1.98. The first kappa shape index (κ1) is 16.1. The van der Waals surface area contributed by atoms with Crippen molar-refractivity contribution in [3.8, 4) is 0 Å². The van der Waals surface area contributed by atoms with E-state index in [4.69, 9.17) is 15.9 Å². The van der Waals surface area contributed by atoms with Crippen LogP contribution in [0, 0.1) is 0 Å². The molecule has 1 heterocycles. The first-order valence-corrected chi connectivity index (χ1v) is 5.47. The normalized spacial score (nSPS) is 20.1. The van der Waals surface area contributed by atoms with Crippen LogP contribution in [0.4, 0.5) is 0 Å². The molecule has 1 rings (SSSR count). The topological polar surface area (TPSA) is 104 Å². The van der Waals surface area contributed by atoms with Crippen LogP contribution in [-0.4, -0.2) is 52.2 Å². The average molecular weight is 267 g/mol. The van der Waals surface area contributed by atoms with Crippen LogP contribution in [0.15, 0.2) is 0 Å². The van der Waals surface area contributed by atoms with E-state index in [1.165, 1.54) is 0 Å². The summed E-state index contributed by atoms with van der Waals surface area (Å²) in [5.41, 5.74) is 5.37. The molecule has 0 aromatic carbocycles. The predicted octanol–water partition coefficient (Wildman–Crippen LogP) is 0.149. The molecule has 7 heteroatoms. The van der Waals surface area contributed by atoms with Crippen LogP contribution in [0.5, 0.6) is 0 Å². The lowest BCUT2D eigenvalue weighted by Gasteiger charge is -2.32. The number of nitrogens with zero attached hydrogens (tertiary/aromatic N) is 1. The van der Waals surface area contributed by atoms with Crippen molar-refractivity contribution in [1.29, 1.82) is 0 Å². The second-order valence-corrected chi connectivity index (χ2v) is 4.13. The number of carboxylic acid groups (broad SMARTS) is 2. The molecule has 6 nitrogen and oxygen atoms in total.